The quantitative estimate of drug-likeness (QED) is 0.458. The molecule has 0 saturated carbocycles. The molecule has 1 aromatic carbocycles. The van der Waals surface area contributed by atoms with Crippen LogP contribution >= 0.6 is 0 Å². The van der Waals surface area contributed by atoms with Gasteiger partial charge in [0, 0.05) is 50.7 Å². The van der Waals surface area contributed by atoms with E-state index in [4.69, 9.17) is 5.73 Å². The number of nitrogens with two attached hydrogens (primary N) is 1. The molecule has 0 spiro atoms. The van der Waals surface area contributed by atoms with E-state index in [0.717, 1.165) is 12.1 Å². The molecule has 4 aromatic rings. The van der Waals surface area contributed by atoms with Crippen LogP contribution in [0.4, 0.5) is 20.4 Å². The lowest BCUT2D eigenvalue weighted by atomic mass is 10.1. The Kier molecular flexibility index (Phi) is 5.82. The van der Waals surface area contributed by atoms with Gasteiger partial charge in [-0.25, -0.2) is 13.8 Å². The van der Waals surface area contributed by atoms with Gasteiger partial charge in [-0.3, -0.25) is 9.48 Å². The number of carbonyl (C=O) groups is 1. The number of fused-ring (bicyclic) bond motifs is 1. The lowest BCUT2D eigenvalue weighted by Gasteiger charge is -2.21. The number of aromatic nitrogens is 5. The summed E-state index contributed by atoms with van der Waals surface area (Å²) >= 11 is 0. The zero-order chi connectivity index (χ0) is 22.8. The van der Waals surface area contributed by atoms with Crippen LogP contribution < -0.4 is 11.1 Å². The highest BCUT2D eigenvalue weighted by Gasteiger charge is 2.23. The third-order valence-corrected chi connectivity index (χ3v) is 4.98. The molecule has 3 heterocycles. The molecule has 11 heteroatoms. The maximum absolute atomic E-state index is 14.9. The normalized spacial score (nSPS) is 11.2. The fourth-order valence-corrected chi connectivity index (χ4v) is 3.42. The van der Waals surface area contributed by atoms with Crippen LogP contribution in [0.2, 0.25) is 0 Å². The van der Waals surface area contributed by atoms with E-state index in [9.17, 15) is 13.6 Å². The van der Waals surface area contributed by atoms with Gasteiger partial charge in [0.1, 0.15) is 22.8 Å². The highest BCUT2D eigenvalue weighted by molar-refractivity contribution is 5.95. The Balaban J connectivity index is 1.71. The summed E-state index contributed by atoms with van der Waals surface area (Å²) in [4.78, 5) is 22.6. The summed E-state index contributed by atoms with van der Waals surface area (Å²) in [6.45, 7) is 2.43. The van der Waals surface area contributed by atoms with E-state index in [1.807, 2.05) is 0 Å². The van der Waals surface area contributed by atoms with E-state index >= 15 is 0 Å². The van der Waals surface area contributed by atoms with Crippen LogP contribution in [0.1, 0.15) is 17.3 Å². The predicted molar refractivity (Wildman–Crippen MR) is 116 cm³/mol. The minimum Gasteiger partial charge on any atom is -0.337 e. The smallest absolute Gasteiger partial charge is 0.259 e. The van der Waals surface area contributed by atoms with Crippen molar-refractivity contribution in [2.75, 3.05) is 25.0 Å². The first kappa shape index (κ1) is 21.4. The van der Waals surface area contributed by atoms with Gasteiger partial charge in [-0.1, -0.05) is 0 Å². The fourth-order valence-electron chi connectivity index (χ4n) is 3.42. The number of rotatable bonds is 7. The monoisotopic (exact) mass is 440 g/mol. The molecular weight excluding hydrogens is 418 g/mol. The van der Waals surface area contributed by atoms with E-state index in [1.165, 1.54) is 9.47 Å². The standard InChI is InChI=1S/C21H22F2N8O/c1-3-30(7-5-24)20(32)18-16(22)8-15(9-17(18)23)31-6-4-13-10-25-21(28-19(13)31)27-14-11-26-29(2)12-14/h4,6,8-12H,3,5,7,24H2,1-2H3,(H,25,27,28). The van der Waals surface area contributed by atoms with Crippen molar-refractivity contribution >= 4 is 28.6 Å². The molecule has 0 aliphatic rings. The number of halogens is 2. The van der Waals surface area contributed by atoms with Crippen molar-refractivity contribution in [2.45, 2.75) is 6.92 Å². The van der Waals surface area contributed by atoms with E-state index in [2.05, 4.69) is 20.4 Å². The number of aryl methyl sites for hydroxylation is 1. The van der Waals surface area contributed by atoms with E-state index < -0.39 is 23.1 Å². The number of anilines is 2. The molecule has 0 saturated heterocycles. The van der Waals surface area contributed by atoms with Crippen LogP contribution in [0.15, 0.2) is 43.0 Å². The molecule has 3 N–H and O–H groups in total. The third kappa shape index (κ3) is 4.02. The first-order chi connectivity index (χ1) is 15.4. The first-order valence-corrected chi connectivity index (χ1v) is 9.99. The van der Waals surface area contributed by atoms with Crippen LogP contribution in [-0.4, -0.2) is 54.8 Å². The molecule has 166 valence electrons. The topological polar surface area (TPSA) is 107 Å². The van der Waals surface area contributed by atoms with Crippen LogP contribution in [-0.2, 0) is 7.05 Å². The predicted octanol–water partition coefficient (Wildman–Crippen LogP) is 2.60. The molecule has 0 atom stereocenters. The minimum absolute atomic E-state index is 0.194. The molecule has 0 aliphatic heterocycles. The molecule has 3 aromatic heterocycles. The zero-order valence-corrected chi connectivity index (χ0v) is 17.6. The number of nitrogens with one attached hydrogen (secondary N) is 1. The average Bonchev–Trinajstić information content (AvgIpc) is 3.36. The van der Waals surface area contributed by atoms with Gasteiger partial charge in [0.05, 0.1) is 17.6 Å². The van der Waals surface area contributed by atoms with Crippen molar-refractivity contribution in [3.8, 4) is 5.69 Å². The van der Waals surface area contributed by atoms with Crippen LogP contribution in [0.5, 0.6) is 0 Å². The maximum Gasteiger partial charge on any atom is 0.259 e. The Bertz CT molecular complexity index is 1260. The summed E-state index contributed by atoms with van der Waals surface area (Å²) in [5.74, 6) is -2.34. The molecule has 32 heavy (non-hydrogen) atoms. The summed E-state index contributed by atoms with van der Waals surface area (Å²) < 4.78 is 32.9. The average molecular weight is 440 g/mol. The lowest BCUT2D eigenvalue weighted by Crippen LogP contribution is -2.36. The Morgan fingerprint density at radius 1 is 1.25 bits per heavy atom. The minimum atomic E-state index is -0.954. The number of carbonyl (C=O) groups excluding carboxylic acids is 1. The van der Waals surface area contributed by atoms with Crippen molar-refractivity contribution in [1.82, 2.24) is 29.2 Å². The number of likely N-dealkylation sites (N-methyl/N-ethyl adjacent to an activating group) is 1. The highest BCUT2D eigenvalue weighted by Crippen LogP contribution is 2.24. The SMILES string of the molecule is CCN(CCN)C(=O)c1c(F)cc(-n2ccc3cnc(Nc4cnn(C)c4)nc32)cc1F. The summed E-state index contributed by atoms with van der Waals surface area (Å²) in [6.07, 6.45) is 6.62. The highest BCUT2D eigenvalue weighted by atomic mass is 19.1. The first-order valence-electron chi connectivity index (χ1n) is 9.99. The zero-order valence-electron chi connectivity index (χ0n) is 17.6. The second kappa shape index (κ2) is 8.71. The van der Waals surface area contributed by atoms with Crippen LogP contribution in [0.25, 0.3) is 16.7 Å². The Morgan fingerprint density at radius 2 is 2.00 bits per heavy atom. The molecule has 1 amide bonds. The van der Waals surface area contributed by atoms with E-state index in [-0.39, 0.29) is 18.8 Å². The lowest BCUT2D eigenvalue weighted by molar-refractivity contribution is 0.0759. The van der Waals surface area contributed by atoms with Gasteiger partial charge in [0.15, 0.2) is 0 Å². The van der Waals surface area contributed by atoms with Crippen molar-refractivity contribution in [2.24, 2.45) is 12.8 Å². The van der Waals surface area contributed by atoms with Gasteiger partial charge >= 0.3 is 0 Å². The maximum atomic E-state index is 14.9. The largest absolute Gasteiger partial charge is 0.337 e. The van der Waals surface area contributed by atoms with E-state index in [1.54, 1.807) is 49.5 Å². The van der Waals surface area contributed by atoms with Gasteiger partial charge in [0.25, 0.3) is 5.91 Å². The molecule has 4 rings (SSSR count). The van der Waals surface area contributed by atoms with Gasteiger partial charge < -0.3 is 20.5 Å². The van der Waals surface area contributed by atoms with Gasteiger partial charge in [0.2, 0.25) is 5.95 Å². The van der Waals surface area contributed by atoms with Crippen molar-refractivity contribution in [1.29, 1.82) is 0 Å². The van der Waals surface area contributed by atoms with Gasteiger partial charge in [-0.2, -0.15) is 10.1 Å². The number of benzene rings is 1. The summed E-state index contributed by atoms with van der Waals surface area (Å²) in [7, 11) is 1.79. The van der Waals surface area contributed by atoms with Gasteiger partial charge in [-0.05, 0) is 25.1 Å². The Labute approximate surface area is 182 Å². The van der Waals surface area contributed by atoms with E-state index in [0.29, 0.717) is 29.2 Å². The Morgan fingerprint density at radius 3 is 2.62 bits per heavy atom. The van der Waals surface area contributed by atoms with Crippen molar-refractivity contribution < 1.29 is 13.6 Å². The Hall–Kier alpha value is -3.86. The number of amides is 1. The van der Waals surface area contributed by atoms with Crippen molar-refractivity contribution in [3.63, 3.8) is 0 Å². The third-order valence-electron chi connectivity index (χ3n) is 4.98. The molecule has 0 unspecified atom stereocenters. The molecule has 0 fully saturated rings. The number of hydrogen-bond donors (Lipinski definition) is 2. The second-order valence-electron chi connectivity index (χ2n) is 7.14. The van der Waals surface area contributed by atoms with Crippen LogP contribution in [0, 0.1) is 11.6 Å². The fraction of sp³-hybridized carbons (Fsp3) is 0.238. The van der Waals surface area contributed by atoms with Gasteiger partial charge in [-0.15, -0.1) is 0 Å². The summed E-state index contributed by atoms with van der Waals surface area (Å²) in [6, 6.07) is 3.96. The molecule has 0 radical (unpaired) electrons. The molecule has 9 nitrogen and oxygen atoms in total. The number of hydrogen-bond acceptors (Lipinski definition) is 6. The molecule has 0 bridgehead atoms. The molecule has 0 aliphatic carbocycles. The summed E-state index contributed by atoms with van der Waals surface area (Å²) in [5, 5.41) is 7.79. The number of nitrogens with zero attached hydrogens (tertiary/aromatic N) is 6. The summed E-state index contributed by atoms with van der Waals surface area (Å²) in [5.41, 5.74) is 6.23. The molecular formula is C21H22F2N8O. The van der Waals surface area contributed by atoms with Crippen LogP contribution in [0.3, 0.4) is 0 Å². The van der Waals surface area contributed by atoms with Crippen molar-refractivity contribution in [3.05, 3.63) is 60.2 Å². The second-order valence-corrected chi connectivity index (χ2v) is 7.14.